The van der Waals surface area contributed by atoms with Gasteiger partial charge in [-0.25, -0.2) is 4.99 Å². The van der Waals surface area contributed by atoms with Crippen LogP contribution in [0, 0.1) is 0 Å². The number of rotatable bonds is 3. The summed E-state index contributed by atoms with van der Waals surface area (Å²) in [7, 11) is 0. The second-order valence-corrected chi connectivity index (χ2v) is 4.84. The fourth-order valence-corrected chi connectivity index (χ4v) is 1.92. The van der Waals surface area contributed by atoms with E-state index in [1.807, 2.05) is 35.4 Å². The van der Waals surface area contributed by atoms with E-state index in [2.05, 4.69) is 36.3 Å². The lowest BCUT2D eigenvalue weighted by atomic mass is 10.2. The molecule has 2 N–H and O–H groups in total. The lowest BCUT2D eigenvalue weighted by Gasteiger charge is -2.29. The summed E-state index contributed by atoms with van der Waals surface area (Å²) in [5.74, 6) is 1.01. The first-order valence-electron chi connectivity index (χ1n) is 6.97. The average Bonchev–Trinajstić information content (AvgIpc) is 2.52. The summed E-state index contributed by atoms with van der Waals surface area (Å²) in [6.45, 7) is 8.16. The van der Waals surface area contributed by atoms with Gasteiger partial charge in [0, 0.05) is 17.8 Å². The zero-order chi connectivity index (χ0) is 15.2. The molecule has 21 heavy (non-hydrogen) atoms. The van der Waals surface area contributed by atoms with Crippen molar-refractivity contribution in [3.63, 3.8) is 0 Å². The van der Waals surface area contributed by atoms with Crippen LogP contribution < -0.4 is 10.9 Å². The van der Waals surface area contributed by atoms with Gasteiger partial charge in [-0.05, 0) is 31.6 Å². The number of nitrogens with zero attached hydrogens (tertiary/aromatic N) is 2. The molecule has 1 unspecified atom stereocenters. The number of carbonyl (C=O) groups excluding carboxylic acids is 1. The molecule has 0 aromatic heterocycles. The quantitative estimate of drug-likeness (QED) is 0.838. The summed E-state index contributed by atoms with van der Waals surface area (Å²) in [6.07, 6.45) is 4.74. The highest BCUT2D eigenvalue weighted by Crippen LogP contribution is 2.15. The summed E-state index contributed by atoms with van der Waals surface area (Å²) in [4.78, 5) is 18.2. The average molecular weight is 284 g/mol. The highest BCUT2D eigenvalue weighted by molar-refractivity contribution is 5.99. The van der Waals surface area contributed by atoms with E-state index in [0.717, 1.165) is 6.42 Å². The van der Waals surface area contributed by atoms with Crippen molar-refractivity contribution in [3.05, 3.63) is 60.6 Å². The maximum absolute atomic E-state index is 11.9. The number of hydrogen-bond acceptors (Lipinski definition) is 4. The molecular weight excluding hydrogens is 264 g/mol. The first kappa shape index (κ1) is 14.8. The number of hydrazine groups is 1. The molecule has 0 spiro atoms. The maximum Gasteiger partial charge on any atom is 0.269 e. The summed E-state index contributed by atoms with van der Waals surface area (Å²) < 4.78 is 0. The van der Waals surface area contributed by atoms with Crippen LogP contribution >= 0.6 is 0 Å². The Bertz CT molecular complexity index is 577. The summed E-state index contributed by atoms with van der Waals surface area (Å²) in [6, 6.07) is 9.35. The molecule has 0 radical (unpaired) electrons. The Hall–Kier alpha value is -2.56. The molecule has 1 aromatic rings. The Kier molecular flexibility index (Phi) is 4.77. The van der Waals surface area contributed by atoms with Crippen LogP contribution in [0.4, 0.5) is 0 Å². The SMILES string of the molecule is C=C1N=C(NNC(=O)c2ccccc2)C=CN1C(C)CC. The van der Waals surface area contributed by atoms with E-state index in [1.165, 1.54) is 0 Å². The first-order chi connectivity index (χ1) is 10.1. The number of amidine groups is 1. The highest BCUT2D eigenvalue weighted by Gasteiger charge is 2.15. The van der Waals surface area contributed by atoms with Gasteiger partial charge in [-0.15, -0.1) is 0 Å². The van der Waals surface area contributed by atoms with Crippen LogP contribution in [-0.2, 0) is 0 Å². The summed E-state index contributed by atoms with van der Waals surface area (Å²) in [5.41, 5.74) is 6.01. The molecule has 1 atom stereocenters. The molecule has 1 amide bonds. The van der Waals surface area contributed by atoms with Crippen molar-refractivity contribution >= 4 is 11.7 Å². The van der Waals surface area contributed by atoms with Crippen LogP contribution in [0.5, 0.6) is 0 Å². The van der Waals surface area contributed by atoms with E-state index < -0.39 is 0 Å². The molecule has 1 aromatic carbocycles. The fraction of sp³-hybridized carbons (Fsp3) is 0.250. The molecule has 0 bridgehead atoms. The standard InChI is InChI=1S/C16H20N4O/c1-4-12(2)20-11-10-15(17-13(20)3)18-19-16(21)14-8-6-5-7-9-14/h5-12H,3-4H2,1-2H3,(H,17,18)(H,19,21). The number of nitrogens with one attached hydrogen (secondary N) is 2. The molecule has 5 heteroatoms. The minimum Gasteiger partial charge on any atom is -0.331 e. The third-order valence-corrected chi connectivity index (χ3v) is 3.35. The van der Waals surface area contributed by atoms with Gasteiger partial charge in [0.25, 0.3) is 5.91 Å². The summed E-state index contributed by atoms with van der Waals surface area (Å²) in [5, 5.41) is 0. The first-order valence-corrected chi connectivity index (χ1v) is 6.97. The van der Waals surface area contributed by atoms with Crippen molar-refractivity contribution in [3.8, 4) is 0 Å². The monoisotopic (exact) mass is 284 g/mol. The third kappa shape index (κ3) is 3.72. The Labute approximate surface area is 125 Å². The topological polar surface area (TPSA) is 56.7 Å². The molecule has 2 rings (SSSR count). The molecule has 1 aliphatic rings. The van der Waals surface area contributed by atoms with Crippen molar-refractivity contribution < 1.29 is 4.79 Å². The second-order valence-electron chi connectivity index (χ2n) is 4.84. The maximum atomic E-state index is 11.9. The van der Waals surface area contributed by atoms with Gasteiger partial charge in [0.05, 0.1) is 0 Å². The summed E-state index contributed by atoms with van der Waals surface area (Å²) >= 11 is 0. The van der Waals surface area contributed by atoms with E-state index in [-0.39, 0.29) is 5.91 Å². The van der Waals surface area contributed by atoms with Gasteiger partial charge >= 0.3 is 0 Å². The predicted molar refractivity (Wildman–Crippen MR) is 84.4 cm³/mol. The van der Waals surface area contributed by atoms with Crippen molar-refractivity contribution in [1.29, 1.82) is 0 Å². The molecule has 0 fully saturated rings. The van der Waals surface area contributed by atoms with Gasteiger partial charge in [-0.3, -0.25) is 15.6 Å². The second kappa shape index (κ2) is 6.74. The van der Waals surface area contributed by atoms with E-state index in [0.29, 0.717) is 23.3 Å². The molecule has 5 nitrogen and oxygen atoms in total. The van der Waals surface area contributed by atoms with Gasteiger partial charge in [-0.1, -0.05) is 31.7 Å². The van der Waals surface area contributed by atoms with Gasteiger partial charge < -0.3 is 4.90 Å². The van der Waals surface area contributed by atoms with Crippen LogP contribution in [0.15, 0.2) is 60.0 Å². The minimum absolute atomic E-state index is 0.207. The molecule has 0 aliphatic carbocycles. The van der Waals surface area contributed by atoms with Crippen LogP contribution in [0.3, 0.4) is 0 Å². The van der Waals surface area contributed by atoms with Gasteiger partial charge in [-0.2, -0.15) is 0 Å². The smallest absolute Gasteiger partial charge is 0.269 e. The Morgan fingerprint density at radius 1 is 1.38 bits per heavy atom. The Morgan fingerprint density at radius 3 is 2.71 bits per heavy atom. The van der Waals surface area contributed by atoms with Crippen molar-refractivity contribution in [2.75, 3.05) is 0 Å². The molecule has 0 saturated heterocycles. The van der Waals surface area contributed by atoms with Crippen LogP contribution in [0.25, 0.3) is 0 Å². The van der Waals surface area contributed by atoms with Crippen LogP contribution in [0.2, 0.25) is 0 Å². The normalized spacial score (nSPS) is 15.4. The largest absolute Gasteiger partial charge is 0.331 e. The number of hydrogen-bond donors (Lipinski definition) is 2. The zero-order valence-electron chi connectivity index (χ0n) is 12.3. The van der Waals surface area contributed by atoms with E-state index >= 15 is 0 Å². The van der Waals surface area contributed by atoms with Crippen molar-refractivity contribution in [2.24, 2.45) is 4.99 Å². The zero-order valence-corrected chi connectivity index (χ0v) is 12.3. The van der Waals surface area contributed by atoms with Crippen LogP contribution in [-0.4, -0.2) is 22.7 Å². The molecule has 1 heterocycles. The fourth-order valence-electron chi connectivity index (χ4n) is 1.92. The van der Waals surface area contributed by atoms with E-state index in [9.17, 15) is 4.79 Å². The van der Waals surface area contributed by atoms with Gasteiger partial charge in [0.15, 0.2) is 0 Å². The van der Waals surface area contributed by atoms with E-state index in [4.69, 9.17) is 0 Å². The molecule has 1 aliphatic heterocycles. The number of benzene rings is 1. The number of aliphatic imine (C=N–C) groups is 1. The lowest BCUT2D eigenvalue weighted by Crippen LogP contribution is -2.42. The van der Waals surface area contributed by atoms with Crippen molar-refractivity contribution in [1.82, 2.24) is 15.8 Å². The molecule has 110 valence electrons. The predicted octanol–water partition coefficient (Wildman–Crippen LogP) is 2.42. The van der Waals surface area contributed by atoms with Crippen molar-refractivity contribution in [2.45, 2.75) is 26.3 Å². The van der Waals surface area contributed by atoms with Gasteiger partial charge in [0.1, 0.15) is 11.7 Å². The molecule has 0 saturated carbocycles. The van der Waals surface area contributed by atoms with Gasteiger partial charge in [0.2, 0.25) is 0 Å². The Morgan fingerprint density at radius 2 is 2.10 bits per heavy atom. The highest BCUT2D eigenvalue weighted by atomic mass is 16.2. The minimum atomic E-state index is -0.207. The van der Waals surface area contributed by atoms with E-state index in [1.54, 1.807) is 12.1 Å². The number of carbonyl (C=O) groups is 1. The number of amides is 1. The third-order valence-electron chi connectivity index (χ3n) is 3.35. The molecular formula is C16H20N4O. The Balaban J connectivity index is 1.92. The van der Waals surface area contributed by atoms with Crippen LogP contribution in [0.1, 0.15) is 30.6 Å². The lowest BCUT2D eigenvalue weighted by molar-refractivity contribution is 0.0944.